The number of aryl methyl sites for hydroxylation is 1. The fourth-order valence-corrected chi connectivity index (χ4v) is 2.81. The summed E-state index contributed by atoms with van der Waals surface area (Å²) >= 11 is 3.53. The number of anilines is 2. The van der Waals surface area contributed by atoms with E-state index in [1.165, 1.54) is 5.69 Å². The summed E-state index contributed by atoms with van der Waals surface area (Å²) in [6.07, 6.45) is 1.83. The van der Waals surface area contributed by atoms with Gasteiger partial charge < -0.3 is 9.80 Å². The van der Waals surface area contributed by atoms with Crippen molar-refractivity contribution in [1.29, 1.82) is 0 Å². The molecular weight excluding hydrogens is 316 g/mol. The molecular formula is C15H17BrN4. The monoisotopic (exact) mass is 332 g/mol. The van der Waals surface area contributed by atoms with Crippen LogP contribution in [0.5, 0.6) is 0 Å². The summed E-state index contributed by atoms with van der Waals surface area (Å²) in [7, 11) is 0. The molecule has 0 aliphatic carbocycles. The smallest absolute Gasteiger partial charge is 0.225 e. The van der Waals surface area contributed by atoms with Crippen LogP contribution in [-0.4, -0.2) is 36.1 Å². The molecule has 4 nitrogen and oxygen atoms in total. The summed E-state index contributed by atoms with van der Waals surface area (Å²) in [6.45, 7) is 5.90. The molecule has 0 saturated carbocycles. The van der Waals surface area contributed by atoms with E-state index >= 15 is 0 Å². The van der Waals surface area contributed by atoms with Crippen molar-refractivity contribution >= 4 is 27.6 Å². The van der Waals surface area contributed by atoms with Crippen molar-refractivity contribution < 1.29 is 0 Å². The molecule has 0 unspecified atom stereocenters. The van der Waals surface area contributed by atoms with Gasteiger partial charge in [-0.15, -0.1) is 0 Å². The van der Waals surface area contributed by atoms with Gasteiger partial charge in [0.2, 0.25) is 5.95 Å². The summed E-state index contributed by atoms with van der Waals surface area (Å²) in [5.74, 6) is 0.846. The summed E-state index contributed by atoms with van der Waals surface area (Å²) < 4.78 is 1.12. The maximum atomic E-state index is 4.50. The van der Waals surface area contributed by atoms with Crippen molar-refractivity contribution in [1.82, 2.24) is 9.97 Å². The summed E-state index contributed by atoms with van der Waals surface area (Å²) in [5, 5.41) is 0. The Bertz CT molecular complexity index is 540. The zero-order chi connectivity index (χ0) is 13.9. The van der Waals surface area contributed by atoms with Crippen LogP contribution in [-0.2, 0) is 0 Å². The van der Waals surface area contributed by atoms with Crippen LogP contribution >= 0.6 is 15.9 Å². The first kappa shape index (κ1) is 13.4. The van der Waals surface area contributed by atoms with E-state index in [-0.39, 0.29) is 0 Å². The molecule has 0 N–H and O–H groups in total. The Morgan fingerprint density at radius 1 is 1.05 bits per heavy atom. The van der Waals surface area contributed by atoms with Crippen LogP contribution in [0.3, 0.4) is 0 Å². The first-order valence-electron chi connectivity index (χ1n) is 6.77. The fourth-order valence-electron chi connectivity index (χ4n) is 2.43. The molecule has 0 radical (unpaired) electrons. The minimum Gasteiger partial charge on any atom is -0.368 e. The third-order valence-corrected chi connectivity index (χ3v) is 4.01. The highest BCUT2D eigenvalue weighted by Crippen LogP contribution is 2.22. The molecule has 1 aromatic carbocycles. The van der Waals surface area contributed by atoms with Crippen molar-refractivity contribution in [3.05, 3.63) is 46.7 Å². The lowest BCUT2D eigenvalue weighted by Crippen LogP contribution is -2.47. The van der Waals surface area contributed by atoms with Gasteiger partial charge in [0.1, 0.15) is 0 Å². The largest absolute Gasteiger partial charge is 0.368 e. The molecule has 104 valence electrons. The molecule has 1 fully saturated rings. The molecule has 2 aromatic rings. The lowest BCUT2D eigenvalue weighted by atomic mass is 10.2. The molecule has 20 heavy (non-hydrogen) atoms. The Morgan fingerprint density at radius 3 is 2.50 bits per heavy atom. The van der Waals surface area contributed by atoms with Crippen LogP contribution in [0.1, 0.15) is 5.69 Å². The van der Waals surface area contributed by atoms with Gasteiger partial charge in [0, 0.05) is 48.2 Å². The number of piperazine rings is 1. The normalized spacial score (nSPS) is 15.5. The van der Waals surface area contributed by atoms with Crippen LogP contribution in [0.15, 0.2) is 41.0 Å². The number of nitrogens with zero attached hydrogens (tertiary/aromatic N) is 4. The highest BCUT2D eigenvalue weighted by atomic mass is 79.9. The third-order valence-electron chi connectivity index (χ3n) is 3.52. The van der Waals surface area contributed by atoms with Gasteiger partial charge in [0.25, 0.3) is 0 Å². The molecule has 5 heteroatoms. The van der Waals surface area contributed by atoms with Gasteiger partial charge in [0.05, 0.1) is 0 Å². The molecule has 0 bridgehead atoms. The predicted molar refractivity (Wildman–Crippen MR) is 85.3 cm³/mol. The van der Waals surface area contributed by atoms with E-state index in [1.54, 1.807) is 0 Å². The predicted octanol–water partition coefficient (Wildman–Crippen LogP) is 2.87. The molecule has 1 aliphatic heterocycles. The fraction of sp³-hybridized carbons (Fsp3) is 0.333. The van der Waals surface area contributed by atoms with E-state index in [2.05, 4.69) is 60.0 Å². The van der Waals surface area contributed by atoms with Gasteiger partial charge >= 0.3 is 0 Å². The van der Waals surface area contributed by atoms with E-state index in [4.69, 9.17) is 0 Å². The highest BCUT2D eigenvalue weighted by molar-refractivity contribution is 9.10. The van der Waals surface area contributed by atoms with Crippen molar-refractivity contribution in [3.8, 4) is 0 Å². The SMILES string of the molecule is Cc1ccnc(N2CCN(c3cccc(Br)c3)CC2)n1. The molecule has 0 amide bonds. The quantitative estimate of drug-likeness (QED) is 0.846. The second kappa shape index (κ2) is 5.79. The lowest BCUT2D eigenvalue weighted by Gasteiger charge is -2.36. The Morgan fingerprint density at radius 2 is 1.80 bits per heavy atom. The number of hydrogen-bond acceptors (Lipinski definition) is 4. The minimum absolute atomic E-state index is 0.846. The second-order valence-electron chi connectivity index (χ2n) is 4.95. The Balaban J connectivity index is 1.68. The molecule has 3 rings (SSSR count). The lowest BCUT2D eigenvalue weighted by molar-refractivity contribution is 0.639. The number of aromatic nitrogens is 2. The summed E-state index contributed by atoms with van der Waals surface area (Å²) in [6, 6.07) is 10.4. The molecule has 0 spiro atoms. The number of halogens is 1. The maximum absolute atomic E-state index is 4.50. The Kier molecular flexibility index (Phi) is 3.87. The maximum Gasteiger partial charge on any atom is 0.225 e. The molecule has 1 aliphatic rings. The zero-order valence-electron chi connectivity index (χ0n) is 11.5. The molecule has 1 saturated heterocycles. The van der Waals surface area contributed by atoms with Crippen molar-refractivity contribution in [2.24, 2.45) is 0 Å². The first-order valence-corrected chi connectivity index (χ1v) is 7.57. The van der Waals surface area contributed by atoms with Crippen LogP contribution in [0.25, 0.3) is 0 Å². The Labute approximate surface area is 127 Å². The molecule has 0 atom stereocenters. The Hall–Kier alpha value is -1.62. The van der Waals surface area contributed by atoms with Crippen LogP contribution in [0, 0.1) is 6.92 Å². The highest BCUT2D eigenvalue weighted by Gasteiger charge is 2.19. The van der Waals surface area contributed by atoms with Gasteiger partial charge in [-0.05, 0) is 31.2 Å². The summed E-state index contributed by atoms with van der Waals surface area (Å²) in [5.41, 5.74) is 2.29. The van der Waals surface area contributed by atoms with Crippen LogP contribution in [0.2, 0.25) is 0 Å². The van der Waals surface area contributed by atoms with Crippen LogP contribution in [0.4, 0.5) is 11.6 Å². The van der Waals surface area contributed by atoms with Crippen molar-refractivity contribution in [2.45, 2.75) is 6.92 Å². The average Bonchev–Trinajstić information content (AvgIpc) is 2.47. The van der Waals surface area contributed by atoms with Gasteiger partial charge in [-0.1, -0.05) is 22.0 Å². The number of hydrogen-bond donors (Lipinski definition) is 0. The molecule has 1 aromatic heterocycles. The van der Waals surface area contributed by atoms with E-state index < -0.39 is 0 Å². The second-order valence-corrected chi connectivity index (χ2v) is 5.87. The van der Waals surface area contributed by atoms with Gasteiger partial charge in [-0.3, -0.25) is 0 Å². The zero-order valence-corrected chi connectivity index (χ0v) is 13.0. The van der Waals surface area contributed by atoms with Crippen molar-refractivity contribution in [3.63, 3.8) is 0 Å². The van der Waals surface area contributed by atoms with E-state index in [0.717, 1.165) is 42.3 Å². The third kappa shape index (κ3) is 2.93. The molecule has 2 heterocycles. The average molecular weight is 333 g/mol. The number of rotatable bonds is 2. The van der Waals surface area contributed by atoms with Gasteiger partial charge in [-0.2, -0.15) is 0 Å². The van der Waals surface area contributed by atoms with E-state index in [0.29, 0.717) is 0 Å². The standard InChI is InChI=1S/C15H17BrN4/c1-12-5-6-17-15(18-12)20-9-7-19(8-10-20)14-4-2-3-13(16)11-14/h2-6,11H,7-10H2,1H3. The summed E-state index contributed by atoms with van der Waals surface area (Å²) in [4.78, 5) is 13.5. The van der Waals surface area contributed by atoms with Crippen molar-refractivity contribution in [2.75, 3.05) is 36.0 Å². The van der Waals surface area contributed by atoms with E-state index in [1.807, 2.05) is 19.2 Å². The topological polar surface area (TPSA) is 32.3 Å². The van der Waals surface area contributed by atoms with E-state index in [9.17, 15) is 0 Å². The van der Waals surface area contributed by atoms with Crippen LogP contribution < -0.4 is 9.80 Å². The van der Waals surface area contributed by atoms with Gasteiger partial charge in [-0.25, -0.2) is 9.97 Å². The van der Waals surface area contributed by atoms with Gasteiger partial charge in [0.15, 0.2) is 0 Å². The number of benzene rings is 1. The minimum atomic E-state index is 0.846. The first-order chi connectivity index (χ1) is 9.72.